The number of fused-ring (bicyclic) bond motifs is 1. The zero-order chi connectivity index (χ0) is 19.4. The highest BCUT2D eigenvalue weighted by atomic mass is 16.6. The summed E-state index contributed by atoms with van der Waals surface area (Å²) in [6.07, 6.45) is 0. The third-order valence-corrected chi connectivity index (χ3v) is 4.20. The number of carbonyl (C=O) groups is 1. The monoisotopic (exact) mass is 366 g/mol. The number of benzene rings is 1. The van der Waals surface area contributed by atoms with E-state index >= 15 is 0 Å². The number of para-hydroxylation sites is 1. The lowest BCUT2D eigenvalue weighted by Gasteiger charge is -2.13. The van der Waals surface area contributed by atoms with Gasteiger partial charge in [-0.3, -0.25) is 9.20 Å². The Morgan fingerprint density at radius 1 is 1.15 bits per heavy atom. The van der Waals surface area contributed by atoms with Crippen LogP contribution in [-0.2, 0) is 16.1 Å². The quantitative estimate of drug-likeness (QED) is 0.627. The van der Waals surface area contributed by atoms with E-state index in [0.717, 1.165) is 11.3 Å². The number of carbonyl (C=O) groups excluding carboxylic acids is 1. The van der Waals surface area contributed by atoms with Gasteiger partial charge in [-0.15, -0.1) is 0 Å². The Balaban J connectivity index is 1.63. The molecule has 0 aliphatic rings. The van der Waals surface area contributed by atoms with Gasteiger partial charge in [0.15, 0.2) is 6.61 Å². The smallest absolute Gasteiger partial charge is 0.344 e. The molecule has 6 heteroatoms. The summed E-state index contributed by atoms with van der Waals surface area (Å²) in [4.78, 5) is 28.6. The van der Waals surface area contributed by atoms with Gasteiger partial charge in [0.25, 0.3) is 5.56 Å². The van der Waals surface area contributed by atoms with Crippen molar-refractivity contribution in [1.29, 1.82) is 0 Å². The topological polar surface area (TPSA) is 69.9 Å². The van der Waals surface area contributed by atoms with Crippen molar-refractivity contribution in [2.45, 2.75) is 33.3 Å². The predicted octanol–water partition coefficient (Wildman–Crippen LogP) is 3.25. The summed E-state index contributed by atoms with van der Waals surface area (Å²) in [5.41, 5.74) is 2.55. The summed E-state index contributed by atoms with van der Waals surface area (Å²) in [7, 11) is 0. The summed E-state index contributed by atoms with van der Waals surface area (Å²) in [6.45, 7) is 5.68. The van der Waals surface area contributed by atoms with Gasteiger partial charge >= 0.3 is 5.97 Å². The minimum atomic E-state index is -0.514. The first kappa shape index (κ1) is 18.6. The molecule has 6 nitrogen and oxygen atoms in total. The maximum Gasteiger partial charge on any atom is 0.344 e. The van der Waals surface area contributed by atoms with E-state index in [1.54, 1.807) is 6.07 Å². The summed E-state index contributed by atoms with van der Waals surface area (Å²) in [5, 5.41) is 0. The number of ether oxygens (including phenoxy) is 2. The van der Waals surface area contributed by atoms with Crippen LogP contribution in [0.2, 0.25) is 0 Å². The molecule has 140 valence electrons. The molecule has 0 spiro atoms. The molecule has 0 bridgehead atoms. The minimum Gasteiger partial charge on any atom is -0.482 e. The molecule has 3 rings (SSSR count). The molecular formula is C21H22N2O4. The third kappa shape index (κ3) is 4.34. The van der Waals surface area contributed by atoms with E-state index in [4.69, 9.17) is 9.47 Å². The van der Waals surface area contributed by atoms with Crippen LogP contribution in [-0.4, -0.2) is 22.0 Å². The highest BCUT2D eigenvalue weighted by Gasteiger charge is 2.11. The van der Waals surface area contributed by atoms with Gasteiger partial charge in [0, 0.05) is 11.8 Å². The molecule has 0 fully saturated rings. The van der Waals surface area contributed by atoms with E-state index in [1.165, 1.54) is 10.5 Å². The molecule has 0 amide bonds. The van der Waals surface area contributed by atoms with E-state index in [-0.39, 0.29) is 24.7 Å². The Hall–Kier alpha value is -3.15. The lowest BCUT2D eigenvalue weighted by atomic mass is 10.0. The molecule has 1 aromatic carbocycles. The summed E-state index contributed by atoms with van der Waals surface area (Å²) in [5.74, 6) is 0.442. The SMILES string of the molecule is Cc1cccc2nc(COC(=O)COc3ccccc3C(C)C)cc(=O)n12. The van der Waals surface area contributed by atoms with Crippen LogP contribution >= 0.6 is 0 Å². The number of hydrogen-bond donors (Lipinski definition) is 0. The van der Waals surface area contributed by atoms with Crippen molar-refractivity contribution in [3.63, 3.8) is 0 Å². The van der Waals surface area contributed by atoms with Crippen LogP contribution in [0.15, 0.2) is 53.3 Å². The van der Waals surface area contributed by atoms with Gasteiger partial charge in [-0.05, 0) is 36.6 Å². The first-order valence-corrected chi connectivity index (χ1v) is 8.81. The molecule has 0 aliphatic carbocycles. The van der Waals surface area contributed by atoms with Crippen molar-refractivity contribution in [1.82, 2.24) is 9.38 Å². The lowest BCUT2D eigenvalue weighted by Crippen LogP contribution is -2.20. The summed E-state index contributed by atoms with van der Waals surface area (Å²) in [6, 6.07) is 14.4. The average Bonchev–Trinajstić information content (AvgIpc) is 2.64. The van der Waals surface area contributed by atoms with E-state index in [9.17, 15) is 9.59 Å². The number of pyridine rings is 1. The van der Waals surface area contributed by atoms with Gasteiger partial charge in [0.05, 0.1) is 5.69 Å². The third-order valence-electron chi connectivity index (χ3n) is 4.20. The second-order valence-corrected chi connectivity index (χ2v) is 6.59. The minimum absolute atomic E-state index is 0.0757. The van der Waals surface area contributed by atoms with Gasteiger partial charge < -0.3 is 9.47 Å². The van der Waals surface area contributed by atoms with Crippen LogP contribution in [0.5, 0.6) is 5.75 Å². The Morgan fingerprint density at radius 3 is 2.70 bits per heavy atom. The molecule has 0 saturated carbocycles. The largest absolute Gasteiger partial charge is 0.482 e. The van der Waals surface area contributed by atoms with Crippen LogP contribution in [0.25, 0.3) is 5.65 Å². The van der Waals surface area contributed by atoms with Crippen LogP contribution < -0.4 is 10.3 Å². The van der Waals surface area contributed by atoms with E-state index in [2.05, 4.69) is 18.8 Å². The standard InChI is InChI=1S/C21H22N2O4/c1-14(2)17-8-4-5-9-18(17)26-13-21(25)27-12-16-11-20(24)23-15(3)7-6-10-19(23)22-16/h4-11,14H,12-13H2,1-3H3. The Labute approximate surface area is 157 Å². The number of nitrogens with zero attached hydrogens (tertiary/aromatic N) is 2. The number of hydrogen-bond acceptors (Lipinski definition) is 5. The van der Waals surface area contributed by atoms with E-state index in [0.29, 0.717) is 17.1 Å². The highest BCUT2D eigenvalue weighted by molar-refractivity contribution is 5.71. The number of rotatable bonds is 6. The molecule has 2 aromatic heterocycles. The van der Waals surface area contributed by atoms with Gasteiger partial charge in [-0.1, -0.05) is 38.1 Å². The van der Waals surface area contributed by atoms with Gasteiger partial charge in [0.2, 0.25) is 0 Å². The van der Waals surface area contributed by atoms with E-state index in [1.807, 2.05) is 43.3 Å². The predicted molar refractivity (Wildman–Crippen MR) is 102 cm³/mol. The molecule has 0 unspecified atom stereocenters. The van der Waals surface area contributed by atoms with Gasteiger partial charge in [-0.25, -0.2) is 9.78 Å². The number of aromatic nitrogens is 2. The molecule has 2 heterocycles. The second-order valence-electron chi connectivity index (χ2n) is 6.59. The normalized spacial score (nSPS) is 11.0. The van der Waals surface area contributed by atoms with Crippen molar-refractivity contribution in [3.8, 4) is 5.75 Å². The maximum atomic E-state index is 12.2. The fourth-order valence-electron chi connectivity index (χ4n) is 2.86. The first-order chi connectivity index (χ1) is 13.0. The number of aryl methyl sites for hydroxylation is 1. The van der Waals surface area contributed by atoms with Crippen molar-refractivity contribution >= 4 is 11.6 Å². The zero-order valence-corrected chi connectivity index (χ0v) is 15.6. The summed E-state index contributed by atoms with van der Waals surface area (Å²) >= 11 is 0. The molecule has 0 aliphatic heterocycles. The second kappa shape index (κ2) is 8.03. The number of esters is 1. The van der Waals surface area contributed by atoms with Crippen molar-refractivity contribution < 1.29 is 14.3 Å². The van der Waals surface area contributed by atoms with Crippen LogP contribution in [0.1, 0.15) is 36.7 Å². The Bertz CT molecular complexity index is 1020. The molecular weight excluding hydrogens is 344 g/mol. The lowest BCUT2D eigenvalue weighted by molar-refractivity contribution is -0.147. The molecule has 0 N–H and O–H groups in total. The zero-order valence-electron chi connectivity index (χ0n) is 15.6. The Kier molecular flexibility index (Phi) is 5.54. The van der Waals surface area contributed by atoms with Crippen LogP contribution in [0.4, 0.5) is 0 Å². The van der Waals surface area contributed by atoms with Crippen molar-refractivity contribution in [2.24, 2.45) is 0 Å². The fourth-order valence-corrected chi connectivity index (χ4v) is 2.86. The Morgan fingerprint density at radius 2 is 1.93 bits per heavy atom. The van der Waals surface area contributed by atoms with Gasteiger partial charge in [-0.2, -0.15) is 0 Å². The molecule has 0 atom stereocenters. The highest BCUT2D eigenvalue weighted by Crippen LogP contribution is 2.25. The van der Waals surface area contributed by atoms with E-state index < -0.39 is 5.97 Å². The van der Waals surface area contributed by atoms with Crippen LogP contribution in [0.3, 0.4) is 0 Å². The maximum absolute atomic E-state index is 12.2. The van der Waals surface area contributed by atoms with Gasteiger partial charge in [0.1, 0.15) is 18.0 Å². The van der Waals surface area contributed by atoms with Crippen molar-refractivity contribution in [3.05, 3.63) is 75.8 Å². The molecule has 27 heavy (non-hydrogen) atoms. The first-order valence-electron chi connectivity index (χ1n) is 8.81. The van der Waals surface area contributed by atoms with Crippen molar-refractivity contribution in [2.75, 3.05) is 6.61 Å². The molecule has 3 aromatic rings. The fraction of sp³-hybridized carbons (Fsp3) is 0.286. The summed E-state index contributed by atoms with van der Waals surface area (Å²) < 4.78 is 12.3. The molecule has 0 radical (unpaired) electrons. The van der Waals surface area contributed by atoms with Crippen LogP contribution in [0, 0.1) is 6.92 Å². The average molecular weight is 366 g/mol. The molecule has 0 saturated heterocycles.